The Balaban J connectivity index is 1.67. The number of rotatable bonds is 4. The number of carbonyl (C=O) groups is 1. The molecule has 2 heterocycles. The number of nitrogens with one attached hydrogen (secondary N) is 1. The number of aromatic nitrogens is 2. The summed E-state index contributed by atoms with van der Waals surface area (Å²) in [6.45, 7) is 0. The van der Waals surface area contributed by atoms with E-state index in [-0.39, 0.29) is 5.91 Å². The normalized spacial score (nSPS) is 10.9. The van der Waals surface area contributed by atoms with Gasteiger partial charge in [-0.05, 0) is 23.8 Å². The molecule has 0 fully saturated rings. The van der Waals surface area contributed by atoms with Crippen LogP contribution in [0, 0.1) is 0 Å². The van der Waals surface area contributed by atoms with Gasteiger partial charge >= 0.3 is 0 Å². The van der Waals surface area contributed by atoms with Crippen molar-refractivity contribution in [3.05, 3.63) is 58.9 Å². The molecule has 0 saturated heterocycles. The highest BCUT2D eigenvalue weighted by molar-refractivity contribution is 7.16. The van der Waals surface area contributed by atoms with E-state index in [1.165, 1.54) is 27.9 Å². The number of thiophene rings is 1. The van der Waals surface area contributed by atoms with Crippen LogP contribution in [0.3, 0.4) is 0 Å². The highest BCUT2D eigenvalue weighted by atomic mass is 32.1. The molecular formula is C15H11N3OS2. The fourth-order valence-electron chi connectivity index (χ4n) is 1.73. The highest BCUT2D eigenvalue weighted by Gasteiger charge is 2.02. The minimum Gasteiger partial charge on any atom is -0.297 e. The van der Waals surface area contributed by atoms with E-state index in [9.17, 15) is 4.79 Å². The van der Waals surface area contributed by atoms with Gasteiger partial charge in [0, 0.05) is 15.8 Å². The van der Waals surface area contributed by atoms with Crippen molar-refractivity contribution in [2.24, 2.45) is 0 Å². The van der Waals surface area contributed by atoms with Crippen LogP contribution >= 0.6 is 22.7 Å². The third kappa shape index (κ3) is 3.62. The van der Waals surface area contributed by atoms with Gasteiger partial charge in [-0.1, -0.05) is 41.7 Å². The molecule has 0 radical (unpaired) electrons. The largest absolute Gasteiger partial charge is 0.297 e. The Bertz CT molecular complexity index is 748. The lowest BCUT2D eigenvalue weighted by atomic mass is 10.2. The first-order chi connectivity index (χ1) is 10.3. The average molecular weight is 313 g/mol. The van der Waals surface area contributed by atoms with Gasteiger partial charge in [-0.25, -0.2) is 0 Å². The van der Waals surface area contributed by atoms with Gasteiger partial charge < -0.3 is 0 Å². The lowest BCUT2D eigenvalue weighted by molar-refractivity contribution is -0.111. The van der Waals surface area contributed by atoms with E-state index in [0.29, 0.717) is 5.13 Å². The monoisotopic (exact) mass is 313 g/mol. The molecule has 0 bridgehead atoms. The quantitative estimate of drug-likeness (QED) is 0.743. The molecule has 1 amide bonds. The van der Waals surface area contributed by atoms with Crippen LogP contribution in [-0.4, -0.2) is 16.1 Å². The number of anilines is 1. The summed E-state index contributed by atoms with van der Waals surface area (Å²) in [6, 6.07) is 14.2. The molecule has 0 aliphatic rings. The van der Waals surface area contributed by atoms with Gasteiger partial charge in [-0.3, -0.25) is 10.1 Å². The number of carbonyl (C=O) groups excluding carboxylic acids is 1. The topological polar surface area (TPSA) is 54.9 Å². The van der Waals surface area contributed by atoms with Crippen LogP contribution in [0.1, 0.15) is 4.88 Å². The number of amides is 1. The van der Waals surface area contributed by atoms with Crippen molar-refractivity contribution in [1.82, 2.24) is 10.2 Å². The summed E-state index contributed by atoms with van der Waals surface area (Å²) in [6.07, 6.45) is 3.30. The van der Waals surface area contributed by atoms with Crippen LogP contribution in [0.15, 0.2) is 54.1 Å². The van der Waals surface area contributed by atoms with Crippen LogP contribution in [-0.2, 0) is 4.79 Å². The Hall–Kier alpha value is -2.31. The van der Waals surface area contributed by atoms with Crippen molar-refractivity contribution in [2.45, 2.75) is 0 Å². The molecule has 21 heavy (non-hydrogen) atoms. The van der Waals surface area contributed by atoms with Crippen molar-refractivity contribution >= 4 is 39.8 Å². The van der Waals surface area contributed by atoms with E-state index < -0.39 is 0 Å². The van der Waals surface area contributed by atoms with Gasteiger partial charge in [0.05, 0.1) is 0 Å². The average Bonchev–Trinajstić information content (AvgIpc) is 3.17. The number of hydrogen-bond donors (Lipinski definition) is 1. The van der Waals surface area contributed by atoms with Crippen LogP contribution < -0.4 is 5.32 Å². The molecule has 0 atom stereocenters. The lowest BCUT2D eigenvalue weighted by Crippen LogP contribution is -2.07. The Morgan fingerprint density at radius 1 is 1.14 bits per heavy atom. The molecule has 0 saturated carbocycles. The molecule has 1 aromatic carbocycles. The SMILES string of the molecule is O=C(C=Cc1ccc(-c2ccccc2)s1)Nc1nncs1. The molecular weight excluding hydrogens is 302 g/mol. The van der Waals surface area contributed by atoms with Crippen molar-refractivity contribution in [3.8, 4) is 10.4 Å². The van der Waals surface area contributed by atoms with Crippen LogP contribution in [0.2, 0.25) is 0 Å². The molecule has 0 aliphatic carbocycles. The second-order valence-corrected chi connectivity index (χ2v) is 6.08. The summed E-state index contributed by atoms with van der Waals surface area (Å²) in [4.78, 5) is 13.9. The van der Waals surface area contributed by atoms with Gasteiger partial charge in [0.15, 0.2) is 0 Å². The zero-order valence-corrected chi connectivity index (χ0v) is 12.5. The zero-order valence-electron chi connectivity index (χ0n) is 10.9. The summed E-state index contributed by atoms with van der Waals surface area (Å²) in [5.74, 6) is -0.207. The van der Waals surface area contributed by atoms with Crippen molar-refractivity contribution in [3.63, 3.8) is 0 Å². The molecule has 3 aromatic rings. The molecule has 6 heteroatoms. The van der Waals surface area contributed by atoms with Crippen molar-refractivity contribution < 1.29 is 4.79 Å². The summed E-state index contributed by atoms with van der Waals surface area (Å²) in [5, 5.41) is 10.6. The minimum atomic E-state index is -0.207. The van der Waals surface area contributed by atoms with Crippen LogP contribution in [0.4, 0.5) is 5.13 Å². The maximum atomic E-state index is 11.7. The Morgan fingerprint density at radius 2 is 2.00 bits per heavy atom. The molecule has 1 N–H and O–H groups in total. The second kappa shape index (κ2) is 6.43. The molecule has 104 valence electrons. The van der Waals surface area contributed by atoms with E-state index in [2.05, 4.69) is 33.7 Å². The molecule has 2 aromatic heterocycles. The summed E-state index contributed by atoms with van der Waals surface area (Å²) >= 11 is 2.93. The predicted octanol–water partition coefficient (Wildman–Crippen LogP) is 3.92. The number of benzene rings is 1. The van der Waals surface area contributed by atoms with Crippen LogP contribution in [0.5, 0.6) is 0 Å². The molecule has 0 aliphatic heterocycles. The van der Waals surface area contributed by atoms with Crippen molar-refractivity contribution in [2.75, 3.05) is 5.32 Å². The van der Waals surface area contributed by atoms with Gasteiger partial charge in [-0.2, -0.15) is 0 Å². The molecule has 0 spiro atoms. The zero-order chi connectivity index (χ0) is 14.5. The fourth-order valence-corrected chi connectivity index (χ4v) is 3.10. The second-order valence-electron chi connectivity index (χ2n) is 4.13. The van der Waals surface area contributed by atoms with Crippen LogP contribution in [0.25, 0.3) is 16.5 Å². The Morgan fingerprint density at radius 3 is 2.76 bits per heavy atom. The van der Waals surface area contributed by atoms with Gasteiger partial charge in [0.1, 0.15) is 5.51 Å². The minimum absolute atomic E-state index is 0.207. The molecule has 3 rings (SSSR count). The van der Waals surface area contributed by atoms with Gasteiger partial charge in [0.2, 0.25) is 11.0 Å². The Kier molecular flexibility index (Phi) is 4.18. The maximum absolute atomic E-state index is 11.7. The van der Waals surface area contributed by atoms with Gasteiger partial charge in [0.25, 0.3) is 0 Å². The van der Waals surface area contributed by atoms with E-state index in [4.69, 9.17) is 0 Å². The summed E-state index contributed by atoms with van der Waals surface area (Å²) < 4.78 is 0. The number of nitrogens with zero attached hydrogens (tertiary/aromatic N) is 2. The maximum Gasteiger partial charge on any atom is 0.250 e. The first kappa shape index (κ1) is 13.7. The van der Waals surface area contributed by atoms with E-state index in [1.54, 1.807) is 22.9 Å². The van der Waals surface area contributed by atoms with Crippen molar-refractivity contribution in [1.29, 1.82) is 0 Å². The Labute approximate surface area is 129 Å². The summed E-state index contributed by atoms with van der Waals surface area (Å²) in [7, 11) is 0. The van der Waals surface area contributed by atoms with Gasteiger partial charge in [-0.15, -0.1) is 21.5 Å². The third-order valence-electron chi connectivity index (χ3n) is 2.67. The number of hydrogen-bond acceptors (Lipinski definition) is 5. The fraction of sp³-hybridized carbons (Fsp3) is 0. The molecule has 0 unspecified atom stereocenters. The lowest BCUT2D eigenvalue weighted by Gasteiger charge is -1.94. The van der Waals surface area contributed by atoms with E-state index >= 15 is 0 Å². The smallest absolute Gasteiger partial charge is 0.250 e. The summed E-state index contributed by atoms with van der Waals surface area (Å²) in [5.41, 5.74) is 2.76. The first-order valence-electron chi connectivity index (χ1n) is 6.22. The molecule has 4 nitrogen and oxygen atoms in total. The third-order valence-corrected chi connectivity index (χ3v) is 4.38. The van der Waals surface area contributed by atoms with E-state index in [1.807, 2.05) is 24.3 Å². The first-order valence-corrected chi connectivity index (χ1v) is 7.91. The highest BCUT2D eigenvalue weighted by Crippen LogP contribution is 2.28. The van der Waals surface area contributed by atoms with E-state index in [0.717, 1.165) is 4.88 Å². The standard InChI is InChI=1S/C15H11N3OS2/c19-14(17-15-18-16-10-20-15)9-7-12-6-8-13(21-12)11-4-2-1-3-5-11/h1-10H,(H,17,18,19). The predicted molar refractivity (Wildman–Crippen MR) is 87.3 cm³/mol.